The number of carbonyl (C=O) groups is 1. The molecule has 0 aromatic rings. The topological polar surface area (TPSA) is 40.5 Å². The second-order valence-electron chi connectivity index (χ2n) is 5.78. The number of hydrogen-bond donors (Lipinski definition) is 1. The lowest BCUT2D eigenvalue weighted by Gasteiger charge is -2.36. The fourth-order valence-corrected chi connectivity index (χ4v) is 1.90. The number of carboxylic acids is 1. The van der Waals surface area contributed by atoms with E-state index in [1.807, 2.05) is 18.9 Å². The van der Waals surface area contributed by atoms with E-state index >= 15 is 0 Å². The quantitative estimate of drug-likeness (QED) is 0.729. The van der Waals surface area contributed by atoms with Crippen molar-refractivity contribution in [2.24, 2.45) is 11.8 Å². The standard InChI is InChI=1S/C13H27NO2/c1-10(2)7-8-14(6)13(5,12(15)16)9-11(3)4/h10-11H,7-9H2,1-6H3,(H,15,16). The molecule has 0 fully saturated rings. The number of likely N-dealkylation sites (N-methyl/N-ethyl adjacent to an activating group) is 1. The molecule has 3 nitrogen and oxygen atoms in total. The highest BCUT2D eigenvalue weighted by atomic mass is 16.4. The summed E-state index contributed by atoms with van der Waals surface area (Å²) in [6.45, 7) is 11.1. The van der Waals surface area contributed by atoms with Crippen molar-refractivity contribution < 1.29 is 9.90 Å². The van der Waals surface area contributed by atoms with E-state index in [1.165, 1.54) is 0 Å². The van der Waals surface area contributed by atoms with Gasteiger partial charge < -0.3 is 5.11 Å². The molecule has 0 rings (SSSR count). The number of hydrogen-bond acceptors (Lipinski definition) is 2. The van der Waals surface area contributed by atoms with E-state index in [0.29, 0.717) is 18.3 Å². The van der Waals surface area contributed by atoms with Crippen LogP contribution in [0.4, 0.5) is 0 Å². The van der Waals surface area contributed by atoms with Crippen LogP contribution in [-0.4, -0.2) is 35.1 Å². The Hall–Kier alpha value is -0.570. The molecule has 0 aliphatic rings. The number of aliphatic carboxylic acids is 1. The Morgan fingerprint density at radius 2 is 1.75 bits per heavy atom. The van der Waals surface area contributed by atoms with Crippen molar-refractivity contribution in [3.8, 4) is 0 Å². The molecule has 1 unspecified atom stereocenters. The molecular formula is C13H27NO2. The molecule has 0 aromatic heterocycles. The molecule has 16 heavy (non-hydrogen) atoms. The second-order valence-corrected chi connectivity index (χ2v) is 5.78. The number of rotatable bonds is 7. The van der Waals surface area contributed by atoms with Gasteiger partial charge in [-0.3, -0.25) is 9.69 Å². The lowest BCUT2D eigenvalue weighted by atomic mass is 9.89. The molecule has 0 saturated carbocycles. The molecular weight excluding hydrogens is 202 g/mol. The van der Waals surface area contributed by atoms with Gasteiger partial charge in [0.05, 0.1) is 0 Å². The van der Waals surface area contributed by atoms with Gasteiger partial charge in [-0.15, -0.1) is 0 Å². The van der Waals surface area contributed by atoms with Crippen molar-refractivity contribution in [3.05, 3.63) is 0 Å². The lowest BCUT2D eigenvalue weighted by Crippen LogP contribution is -2.51. The van der Waals surface area contributed by atoms with Crippen LogP contribution in [0.1, 0.15) is 47.5 Å². The highest BCUT2D eigenvalue weighted by molar-refractivity contribution is 5.78. The van der Waals surface area contributed by atoms with Crippen LogP contribution in [0.2, 0.25) is 0 Å². The molecule has 0 spiro atoms. The third-order valence-electron chi connectivity index (χ3n) is 3.15. The maximum absolute atomic E-state index is 11.4. The first kappa shape index (κ1) is 15.4. The smallest absolute Gasteiger partial charge is 0.323 e. The van der Waals surface area contributed by atoms with Crippen molar-refractivity contribution in [1.29, 1.82) is 0 Å². The molecule has 1 atom stereocenters. The Morgan fingerprint density at radius 1 is 1.25 bits per heavy atom. The van der Waals surface area contributed by atoms with Crippen LogP contribution in [0.15, 0.2) is 0 Å². The van der Waals surface area contributed by atoms with E-state index < -0.39 is 11.5 Å². The summed E-state index contributed by atoms with van der Waals surface area (Å²) in [4.78, 5) is 13.4. The van der Waals surface area contributed by atoms with Crippen LogP contribution in [0.3, 0.4) is 0 Å². The van der Waals surface area contributed by atoms with E-state index in [1.54, 1.807) is 0 Å². The van der Waals surface area contributed by atoms with E-state index in [0.717, 1.165) is 13.0 Å². The molecule has 0 aliphatic carbocycles. The second kappa shape index (κ2) is 6.24. The number of nitrogens with zero attached hydrogens (tertiary/aromatic N) is 1. The molecule has 0 aliphatic heterocycles. The molecule has 0 saturated heterocycles. The highest BCUT2D eigenvalue weighted by Crippen LogP contribution is 2.24. The number of carboxylic acid groups (broad SMARTS) is 1. The lowest BCUT2D eigenvalue weighted by molar-refractivity contribution is -0.150. The molecule has 0 aromatic carbocycles. The zero-order chi connectivity index (χ0) is 12.9. The van der Waals surface area contributed by atoms with Crippen molar-refractivity contribution in [2.75, 3.05) is 13.6 Å². The minimum absolute atomic E-state index is 0.391. The van der Waals surface area contributed by atoms with Gasteiger partial charge in [0, 0.05) is 0 Å². The molecule has 0 amide bonds. The average molecular weight is 229 g/mol. The minimum atomic E-state index is -0.733. The molecule has 0 heterocycles. The molecule has 96 valence electrons. The van der Waals surface area contributed by atoms with Gasteiger partial charge in [-0.25, -0.2) is 0 Å². The maximum Gasteiger partial charge on any atom is 0.323 e. The Bertz CT molecular complexity index is 226. The first-order chi connectivity index (χ1) is 7.20. The van der Waals surface area contributed by atoms with E-state index in [2.05, 4.69) is 27.7 Å². The Morgan fingerprint density at radius 3 is 2.06 bits per heavy atom. The Kier molecular flexibility index (Phi) is 6.01. The van der Waals surface area contributed by atoms with E-state index in [4.69, 9.17) is 0 Å². The minimum Gasteiger partial charge on any atom is -0.480 e. The predicted octanol–water partition coefficient (Wildman–Crippen LogP) is 2.85. The van der Waals surface area contributed by atoms with Crippen LogP contribution in [0.5, 0.6) is 0 Å². The first-order valence-corrected chi connectivity index (χ1v) is 6.14. The van der Waals surface area contributed by atoms with Crippen molar-refractivity contribution >= 4 is 5.97 Å². The average Bonchev–Trinajstić information content (AvgIpc) is 2.12. The predicted molar refractivity (Wildman–Crippen MR) is 67.6 cm³/mol. The van der Waals surface area contributed by atoms with Gasteiger partial charge in [0.15, 0.2) is 0 Å². The van der Waals surface area contributed by atoms with E-state index in [-0.39, 0.29) is 0 Å². The SMILES string of the molecule is CC(C)CCN(C)C(C)(CC(C)C)C(=O)O. The van der Waals surface area contributed by atoms with Gasteiger partial charge in [-0.1, -0.05) is 27.7 Å². The normalized spacial score (nSPS) is 15.8. The van der Waals surface area contributed by atoms with Crippen molar-refractivity contribution in [3.63, 3.8) is 0 Å². The monoisotopic (exact) mass is 229 g/mol. The van der Waals surface area contributed by atoms with Gasteiger partial charge in [0.1, 0.15) is 5.54 Å². The summed E-state index contributed by atoms with van der Waals surface area (Å²) in [6, 6.07) is 0. The van der Waals surface area contributed by atoms with Crippen LogP contribution in [-0.2, 0) is 4.79 Å². The molecule has 3 heteroatoms. The zero-order valence-corrected chi connectivity index (χ0v) is 11.6. The molecule has 1 N–H and O–H groups in total. The molecule has 0 bridgehead atoms. The van der Waals surface area contributed by atoms with Gasteiger partial charge in [-0.2, -0.15) is 0 Å². The highest BCUT2D eigenvalue weighted by Gasteiger charge is 2.37. The molecule has 0 radical (unpaired) electrons. The third-order valence-corrected chi connectivity index (χ3v) is 3.15. The van der Waals surface area contributed by atoms with Crippen LogP contribution in [0.25, 0.3) is 0 Å². The van der Waals surface area contributed by atoms with E-state index in [9.17, 15) is 9.90 Å². The van der Waals surface area contributed by atoms with Gasteiger partial charge in [-0.05, 0) is 45.2 Å². The fraction of sp³-hybridized carbons (Fsp3) is 0.923. The van der Waals surface area contributed by atoms with Gasteiger partial charge in [0.25, 0.3) is 0 Å². The first-order valence-electron chi connectivity index (χ1n) is 6.14. The maximum atomic E-state index is 11.4. The van der Waals surface area contributed by atoms with Crippen LogP contribution < -0.4 is 0 Å². The summed E-state index contributed by atoms with van der Waals surface area (Å²) < 4.78 is 0. The van der Waals surface area contributed by atoms with Gasteiger partial charge in [0.2, 0.25) is 0 Å². The van der Waals surface area contributed by atoms with Gasteiger partial charge >= 0.3 is 5.97 Å². The third kappa shape index (κ3) is 4.52. The summed E-state index contributed by atoms with van der Waals surface area (Å²) in [7, 11) is 1.92. The van der Waals surface area contributed by atoms with Crippen molar-refractivity contribution in [1.82, 2.24) is 4.90 Å². The fourth-order valence-electron chi connectivity index (χ4n) is 1.90. The summed E-state index contributed by atoms with van der Waals surface area (Å²) in [5, 5.41) is 9.38. The largest absolute Gasteiger partial charge is 0.480 e. The summed E-state index contributed by atoms with van der Waals surface area (Å²) in [5.41, 5.74) is -0.733. The van der Waals surface area contributed by atoms with Crippen LogP contribution >= 0.6 is 0 Å². The Labute approximate surface area is 99.8 Å². The zero-order valence-electron chi connectivity index (χ0n) is 11.6. The summed E-state index contributed by atoms with van der Waals surface area (Å²) >= 11 is 0. The summed E-state index contributed by atoms with van der Waals surface area (Å²) in [6.07, 6.45) is 1.73. The summed E-state index contributed by atoms with van der Waals surface area (Å²) in [5.74, 6) is 0.287. The Balaban J connectivity index is 4.57. The van der Waals surface area contributed by atoms with Crippen LogP contribution in [0, 0.1) is 11.8 Å². The van der Waals surface area contributed by atoms with Crippen molar-refractivity contribution in [2.45, 2.75) is 53.0 Å².